The molecule has 0 heteroatoms. The van der Waals surface area contributed by atoms with Crippen molar-refractivity contribution in [2.24, 2.45) is 0 Å². The van der Waals surface area contributed by atoms with Gasteiger partial charge in [0.15, 0.2) is 0 Å². The third-order valence-electron chi connectivity index (χ3n) is 14.2. The quantitative estimate of drug-likeness (QED) is 0.147. The molecule has 1 aliphatic rings. The summed E-state index contributed by atoms with van der Waals surface area (Å²) in [6, 6.07) is 94.6. The average molecular weight is 823 g/mol. The average Bonchev–Trinajstić information content (AvgIpc) is 3.69. The van der Waals surface area contributed by atoms with Crippen LogP contribution in [0.3, 0.4) is 0 Å². The van der Waals surface area contributed by atoms with Gasteiger partial charge in [-0.2, -0.15) is 0 Å². The van der Waals surface area contributed by atoms with Crippen LogP contribution in [0.2, 0.25) is 0 Å². The maximum Gasteiger partial charge on any atom is 0.0713 e. The number of hydrogen-bond donors (Lipinski definition) is 0. The minimum absolute atomic E-state index is 0.535. The maximum atomic E-state index is 2.40. The number of benzene rings is 12. The largest absolute Gasteiger partial charge is 0.0713 e. The Hall–Kier alpha value is -8.32. The summed E-state index contributed by atoms with van der Waals surface area (Å²) < 4.78 is 0. The van der Waals surface area contributed by atoms with Crippen LogP contribution >= 0.6 is 0 Å². The van der Waals surface area contributed by atoms with E-state index in [2.05, 4.69) is 255 Å². The van der Waals surface area contributed by atoms with Crippen molar-refractivity contribution in [3.63, 3.8) is 0 Å². The predicted molar refractivity (Wildman–Crippen MR) is 276 cm³/mol. The lowest BCUT2D eigenvalue weighted by molar-refractivity contribution is 0.769. The van der Waals surface area contributed by atoms with Gasteiger partial charge in [0, 0.05) is 0 Å². The highest BCUT2D eigenvalue weighted by Crippen LogP contribution is 2.57. The van der Waals surface area contributed by atoms with E-state index in [1.807, 2.05) is 0 Å². The van der Waals surface area contributed by atoms with E-state index in [9.17, 15) is 0 Å². The molecule has 0 heterocycles. The molecule has 12 aromatic rings. The fraction of sp³-hybridized carbons (Fsp3) is 0.0154. The fourth-order valence-electron chi connectivity index (χ4n) is 11.5. The molecule has 0 spiro atoms. The molecule has 0 amide bonds. The third kappa shape index (κ3) is 5.57. The van der Waals surface area contributed by atoms with Crippen LogP contribution in [0.4, 0.5) is 0 Å². The minimum atomic E-state index is -0.535. The third-order valence-corrected chi connectivity index (χ3v) is 14.2. The number of rotatable bonds is 6. The highest BCUT2D eigenvalue weighted by molar-refractivity contribution is 6.22. The highest BCUT2D eigenvalue weighted by Gasteiger charge is 2.46. The van der Waals surface area contributed by atoms with Crippen LogP contribution in [0.25, 0.3) is 98.7 Å². The van der Waals surface area contributed by atoms with Crippen LogP contribution in [0.5, 0.6) is 0 Å². The molecule has 0 aliphatic heterocycles. The molecular formula is C65H42. The molecule has 302 valence electrons. The summed E-state index contributed by atoms with van der Waals surface area (Å²) in [6.45, 7) is 0. The van der Waals surface area contributed by atoms with E-state index >= 15 is 0 Å². The summed E-state index contributed by atoms with van der Waals surface area (Å²) in [4.78, 5) is 0. The lowest BCUT2D eigenvalue weighted by Gasteiger charge is -2.34. The Balaban J connectivity index is 1.02. The van der Waals surface area contributed by atoms with Crippen molar-refractivity contribution in [1.29, 1.82) is 0 Å². The first kappa shape index (κ1) is 37.3. The molecule has 1 aliphatic carbocycles. The first-order valence-electron chi connectivity index (χ1n) is 22.7. The van der Waals surface area contributed by atoms with Gasteiger partial charge in [-0.25, -0.2) is 0 Å². The Morgan fingerprint density at radius 1 is 0.185 bits per heavy atom. The van der Waals surface area contributed by atoms with Crippen molar-refractivity contribution in [2.45, 2.75) is 5.41 Å². The van der Waals surface area contributed by atoms with E-state index in [-0.39, 0.29) is 0 Å². The zero-order valence-corrected chi connectivity index (χ0v) is 35.7. The Kier molecular flexibility index (Phi) is 8.54. The van der Waals surface area contributed by atoms with Gasteiger partial charge in [0.05, 0.1) is 5.41 Å². The summed E-state index contributed by atoms with van der Waals surface area (Å²) in [5.74, 6) is 0. The van der Waals surface area contributed by atoms with Crippen molar-refractivity contribution < 1.29 is 0 Å². The zero-order valence-electron chi connectivity index (χ0n) is 35.7. The summed E-state index contributed by atoms with van der Waals surface area (Å²) in [5.41, 5.74) is 17.2. The SMILES string of the molecule is c1ccc(-c2c3ccccc3c(-c3ccc(C4(c5ccc(-c6c7ccccc7c(-c7ccccc7)c7ccccc67)cc5)c5ccccc5-c5ccccc54)cc3)c3ccccc23)cc1. The normalized spacial score (nSPS) is 12.7. The zero-order chi connectivity index (χ0) is 42.9. The Labute approximate surface area is 379 Å². The van der Waals surface area contributed by atoms with Crippen LogP contribution in [0, 0.1) is 0 Å². The van der Waals surface area contributed by atoms with E-state index in [1.165, 1.54) is 121 Å². The molecule has 0 aromatic heterocycles. The fourth-order valence-corrected chi connectivity index (χ4v) is 11.5. The van der Waals surface area contributed by atoms with E-state index in [0.29, 0.717) is 0 Å². The maximum absolute atomic E-state index is 2.40. The molecule has 0 radical (unpaired) electrons. The number of hydrogen-bond acceptors (Lipinski definition) is 0. The predicted octanol–water partition coefficient (Wildman–Crippen LogP) is 17.3. The van der Waals surface area contributed by atoms with E-state index < -0.39 is 5.41 Å². The van der Waals surface area contributed by atoms with Gasteiger partial charge in [0.2, 0.25) is 0 Å². The van der Waals surface area contributed by atoms with Crippen molar-refractivity contribution in [2.75, 3.05) is 0 Å². The van der Waals surface area contributed by atoms with Crippen molar-refractivity contribution >= 4 is 43.1 Å². The van der Waals surface area contributed by atoms with Crippen LogP contribution < -0.4 is 0 Å². The van der Waals surface area contributed by atoms with Crippen molar-refractivity contribution in [3.8, 4) is 55.6 Å². The molecule has 0 saturated heterocycles. The monoisotopic (exact) mass is 822 g/mol. The molecular weight excluding hydrogens is 781 g/mol. The molecule has 0 atom stereocenters. The molecule has 0 N–H and O–H groups in total. The summed E-state index contributed by atoms with van der Waals surface area (Å²) in [7, 11) is 0. The van der Waals surface area contributed by atoms with Gasteiger partial charge in [0.1, 0.15) is 0 Å². The van der Waals surface area contributed by atoms with E-state index in [4.69, 9.17) is 0 Å². The van der Waals surface area contributed by atoms with Crippen LogP contribution in [0.15, 0.2) is 255 Å². The second-order valence-corrected chi connectivity index (χ2v) is 17.4. The smallest absolute Gasteiger partial charge is 0.0622 e. The molecule has 12 aromatic carbocycles. The lowest BCUT2D eigenvalue weighted by atomic mass is 9.67. The second-order valence-electron chi connectivity index (χ2n) is 17.4. The lowest BCUT2D eigenvalue weighted by Crippen LogP contribution is -2.28. The van der Waals surface area contributed by atoms with Gasteiger partial charge in [-0.15, -0.1) is 0 Å². The van der Waals surface area contributed by atoms with Gasteiger partial charge in [0.25, 0.3) is 0 Å². The highest BCUT2D eigenvalue weighted by atomic mass is 14.5. The van der Waals surface area contributed by atoms with Crippen LogP contribution in [-0.2, 0) is 5.41 Å². The molecule has 0 nitrogen and oxygen atoms in total. The van der Waals surface area contributed by atoms with Gasteiger partial charge in [-0.05, 0) is 121 Å². The summed E-state index contributed by atoms with van der Waals surface area (Å²) in [6.07, 6.45) is 0. The summed E-state index contributed by atoms with van der Waals surface area (Å²) >= 11 is 0. The van der Waals surface area contributed by atoms with Gasteiger partial charge in [-0.3, -0.25) is 0 Å². The van der Waals surface area contributed by atoms with Crippen molar-refractivity contribution in [3.05, 3.63) is 277 Å². The molecule has 65 heavy (non-hydrogen) atoms. The van der Waals surface area contributed by atoms with E-state index in [0.717, 1.165) is 0 Å². The van der Waals surface area contributed by atoms with Gasteiger partial charge >= 0.3 is 0 Å². The molecule has 13 rings (SSSR count). The Morgan fingerprint density at radius 2 is 0.415 bits per heavy atom. The standard InChI is InChI=1S/C65H42/c1-3-19-43(20-4-1)61-51-25-7-11-29-55(51)63(56-30-12-8-26-52(56)61)45-35-39-47(40-36-45)65(59-33-17-15-23-49(59)50-24-16-18-34-60(50)65)48-41-37-46(38-42-48)64-57-31-13-9-27-53(57)62(44-21-5-2-6-22-44)54-28-10-14-32-58(54)64/h1-42H. The first-order chi connectivity index (χ1) is 32.3. The topological polar surface area (TPSA) is 0 Å². The van der Waals surface area contributed by atoms with Gasteiger partial charge < -0.3 is 0 Å². The molecule has 0 fully saturated rings. The van der Waals surface area contributed by atoms with Crippen molar-refractivity contribution in [1.82, 2.24) is 0 Å². The van der Waals surface area contributed by atoms with Crippen LogP contribution in [-0.4, -0.2) is 0 Å². The first-order valence-corrected chi connectivity index (χ1v) is 22.7. The van der Waals surface area contributed by atoms with Crippen LogP contribution in [0.1, 0.15) is 22.3 Å². The second kappa shape index (κ2) is 14.9. The van der Waals surface area contributed by atoms with Gasteiger partial charge in [-0.1, -0.05) is 255 Å². The summed E-state index contributed by atoms with van der Waals surface area (Å²) in [5, 5.41) is 10.1. The Morgan fingerprint density at radius 3 is 0.708 bits per heavy atom. The van der Waals surface area contributed by atoms with E-state index in [1.54, 1.807) is 0 Å². The molecule has 0 bridgehead atoms. The number of fused-ring (bicyclic) bond motifs is 7. The molecule has 0 saturated carbocycles. The molecule has 0 unspecified atom stereocenters. The Bertz CT molecular complexity index is 3420. The minimum Gasteiger partial charge on any atom is -0.0622 e.